The maximum absolute atomic E-state index is 12.7. The zero-order chi connectivity index (χ0) is 19.3. The van der Waals surface area contributed by atoms with Gasteiger partial charge in [-0.1, -0.05) is 0 Å². The number of carbonyl (C=O) groups is 2. The topological polar surface area (TPSA) is 80.3 Å². The van der Waals surface area contributed by atoms with Crippen molar-refractivity contribution in [3.05, 3.63) is 41.5 Å². The van der Waals surface area contributed by atoms with Crippen LogP contribution in [-0.4, -0.2) is 40.2 Å². The van der Waals surface area contributed by atoms with E-state index in [1.54, 1.807) is 18.2 Å². The standard InChI is InChI=1S/C19H20O7/c1-11(20)13-8-9-15(23-3)18(25-5)17(13)26-19(21)14-7-6-12(22-2)10-16(14)24-4/h6-10H,1-5H3. The number of ether oxygens (including phenoxy) is 5. The van der Waals surface area contributed by atoms with Crippen LogP contribution in [0.1, 0.15) is 27.6 Å². The van der Waals surface area contributed by atoms with E-state index in [9.17, 15) is 9.59 Å². The van der Waals surface area contributed by atoms with Gasteiger partial charge in [0.05, 0.1) is 34.0 Å². The Labute approximate surface area is 151 Å². The number of hydrogen-bond donors (Lipinski definition) is 0. The number of benzene rings is 2. The molecule has 0 aliphatic heterocycles. The van der Waals surface area contributed by atoms with Crippen molar-refractivity contribution >= 4 is 11.8 Å². The number of esters is 1. The lowest BCUT2D eigenvalue weighted by molar-refractivity contribution is 0.0723. The normalized spacial score (nSPS) is 10.0. The minimum absolute atomic E-state index is 0.0118. The van der Waals surface area contributed by atoms with E-state index in [1.165, 1.54) is 47.5 Å². The monoisotopic (exact) mass is 360 g/mol. The van der Waals surface area contributed by atoms with Crippen LogP contribution < -0.4 is 23.7 Å². The molecule has 138 valence electrons. The van der Waals surface area contributed by atoms with Gasteiger partial charge in [-0.3, -0.25) is 4.79 Å². The van der Waals surface area contributed by atoms with Crippen molar-refractivity contribution in [1.29, 1.82) is 0 Å². The predicted molar refractivity (Wildman–Crippen MR) is 94.1 cm³/mol. The molecule has 7 heteroatoms. The lowest BCUT2D eigenvalue weighted by Crippen LogP contribution is -2.13. The highest BCUT2D eigenvalue weighted by atomic mass is 16.6. The van der Waals surface area contributed by atoms with E-state index < -0.39 is 5.97 Å². The van der Waals surface area contributed by atoms with E-state index in [-0.39, 0.29) is 34.2 Å². The quantitative estimate of drug-likeness (QED) is 0.426. The highest BCUT2D eigenvalue weighted by molar-refractivity contribution is 6.01. The van der Waals surface area contributed by atoms with Crippen LogP contribution in [0.15, 0.2) is 30.3 Å². The average molecular weight is 360 g/mol. The smallest absolute Gasteiger partial charge is 0.347 e. The van der Waals surface area contributed by atoms with Crippen molar-refractivity contribution in [1.82, 2.24) is 0 Å². The molecule has 0 bridgehead atoms. The minimum Gasteiger partial charge on any atom is -0.497 e. The highest BCUT2D eigenvalue weighted by Gasteiger charge is 2.24. The summed E-state index contributed by atoms with van der Waals surface area (Å²) in [7, 11) is 5.78. The summed E-state index contributed by atoms with van der Waals surface area (Å²) in [5.41, 5.74) is 0.371. The van der Waals surface area contributed by atoms with Crippen molar-refractivity contribution in [3.63, 3.8) is 0 Å². The van der Waals surface area contributed by atoms with E-state index in [0.29, 0.717) is 11.5 Å². The number of rotatable bonds is 7. The summed E-state index contributed by atoms with van der Waals surface area (Å²) in [5.74, 6) is 0.293. The van der Waals surface area contributed by atoms with Gasteiger partial charge in [-0.15, -0.1) is 0 Å². The van der Waals surface area contributed by atoms with Crippen LogP contribution >= 0.6 is 0 Å². The number of ketones is 1. The van der Waals surface area contributed by atoms with Gasteiger partial charge in [0.1, 0.15) is 17.1 Å². The first kappa shape index (κ1) is 19.1. The minimum atomic E-state index is -0.710. The zero-order valence-electron chi connectivity index (χ0n) is 15.2. The first-order valence-corrected chi connectivity index (χ1v) is 7.66. The third-order valence-corrected chi connectivity index (χ3v) is 3.70. The zero-order valence-corrected chi connectivity index (χ0v) is 15.2. The maximum atomic E-state index is 12.7. The van der Waals surface area contributed by atoms with Crippen LogP contribution in [-0.2, 0) is 0 Å². The van der Waals surface area contributed by atoms with Crippen LogP contribution in [0, 0.1) is 0 Å². The summed E-state index contributed by atoms with van der Waals surface area (Å²) >= 11 is 0. The van der Waals surface area contributed by atoms with Gasteiger partial charge in [0.2, 0.25) is 5.75 Å². The highest BCUT2D eigenvalue weighted by Crippen LogP contribution is 2.41. The first-order chi connectivity index (χ1) is 12.5. The molecule has 0 unspecified atom stereocenters. The Morgan fingerprint density at radius 2 is 1.38 bits per heavy atom. The molecule has 0 aromatic heterocycles. The molecule has 0 aliphatic rings. The fourth-order valence-corrected chi connectivity index (χ4v) is 2.39. The molecule has 0 saturated carbocycles. The lowest BCUT2D eigenvalue weighted by atomic mass is 10.1. The van der Waals surface area contributed by atoms with Gasteiger partial charge in [-0.25, -0.2) is 4.79 Å². The summed E-state index contributed by atoms with van der Waals surface area (Å²) in [6.07, 6.45) is 0. The van der Waals surface area contributed by atoms with Gasteiger partial charge in [0.15, 0.2) is 17.3 Å². The summed E-state index contributed by atoms with van der Waals surface area (Å²) in [4.78, 5) is 24.6. The average Bonchev–Trinajstić information content (AvgIpc) is 2.66. The van der Waals surface area contributed by atoms with E-state index in [1.807, 2.05) is 0 Å². The molecule has 2 aromatic rings. The van der Waals surface area contributed by atoms with Crippen LogP contribution in [0.25, 0.3) is 0 Å². The van der Waals surface area contributed by atoms with Crippen LogP contribution in [0.3, 0.4) is 0 Å². The molecule has 0 radical (unpaired) electrons. The van der Waals surface area contributed by atoms with Crippen molar-refractivity contribution < 1.29 is 33.3 Å². The Hall–Kier alpha value is -3.22. The number of hydrogen-bond acceptors (Lipinski definition) is 7. The molecule has 2 rings (SSSR count). The second-order valence-corrected chi connectivity index (χ2v) is 5.19. The maximum Gasteiger partial charge on any atom is 0.347 e. The molecule has 0 aliphatic carbocycles. The van der Waals surface area contributed by atoms with Crippen molar-refractivity contribution in [2.24, 2.45) is 0 Å². The van der Waals surface area contributed by atoms with E-state index in [4.69, 9.17) is 23.7 Å². The van der Waals surface area contributed by atoms with E-state index in [0.717, 1.165) is 0 Å². The Bertz CT molecular complexity index is 827. The Balaban J connectivity index is 2.50. The van der Waals surface area contributed by atoms with Gasteiger partial charge in [-0.2, -0.15) is 0 Å². The second-order valence-electron chi connectivity index (χ2n) is 5.19. The van der Waals surface area contributed by atoms with Crippen LogP contribution in [0.4, 0.5) is 0 Å². The fourth-order valence-electron chi connectivity index (χ4n) is 2.39. The summed E-state index contributed by atoms with van der Waals surface area (Å²) in [6, 6.07) is 7.76. The summed E-state index contributed by atoms with van der Waals surface area (Å²) < 4.78 is 26.3. The molecule has 2 aromatic carbocycles. The molecule has 0 fully saturated rings. The molecular weight excluding hydrogens is 340 g/mol. The molecule has 26 heavy (non-hydrogen) atoms. The molecule has 0 atom stereocenters. The lowest BCUT2D eigenvalue weighted by Gasteiger charge is -2.16. The van der Waals surface area contributed by atoms with Gasteiger partial charge in [0.25, 0.3) is 0 Å². The Morgan fingerprint density at radius 3 is 1.92 bits per heavy atom. The second kappa shape index (κ2) is 8.24. The Kier molecular flexibility index (Phi) is 6.06. The third kappa shape index (κ3) is 3.72. The summed E-state index contributed by atoms with van der Waals surface area (Å²) in [6.45, 7) is 1.37. The number of methoxy groups -OCH3 is 4. The molecular formula is C19H20O7. The van der Waals surface area contributed by atoms with Crippen molar-refractivity contribution in [2.45, 2.75) is 6.92 Å². The SMILES string of the molecule is COc1ccc(C(=O)Oc2c(C(C)=O)ccc(OC)c2OC)c(OC)c1. The third-order valence-electron chi connectivity index (χ3n) is 3.70. The fraction of sp³-hybridized carbons (Fsp3) is 0.263. The molecule has 0 heterocycles. The first-order valence-electron chi connectivity index (χ1n) is 7.66. The molecule has 7 nitrogen and oxygen atoms in total. The Morgan fingerprint density at radius 1 is 0.731 bits per heavy atom. The van der Waals surface area contributed by atoms with Gasteiger partial charge in [0, 0.05) is 6.07 Å². The molecule has 0 N–H and O–H groups in total. The largest absolute Gasteiger partial charge is 0.497 e. The van der Waals surface area contributed by atoms with Crippen molar-refractivity contribution in [3.8, 4) is 28.7 Å². The van der Waals surface area contributed by atoms with E-state index in [2.05, 4.69) is 0 Å². The molecule has 0 saturated heterocycles. The van der Waals surface area contributed by atoms with E-state index >= 15 is 0 Å². The van der Waals surface area contributed by atoms with Gasteiger partial charge in [-0.05, 0) is 31.2 Å². The number of Topliss-reactive ketones (excluding diaryl/α,β-unsaturated/α-hetero) is 1. The van der Waals surface area contributed by atoms with Crippen LogP contribution in [0.5, 0.6) is 28.7 Å². The summed E-state index contributed by atoms with van der Waals surface area (Å²) in [5, 5.41) is 0. The van der Waals surface area contributed by atoms with Gasteiger partial charge < -0.3 is 23.7 Å². The van der Waals surface area contributed by atoms with Gasteiger partial charge >= 0.3 is 5.97 Å². The molecule has 0 spiro atoms. The molecule has 0 amide bonds. The predicted octanol–water partition coefficient (Wildman–Crippen LogP) is 3.14. The number of carbonyl (C=O) groups excluding carboxylic acids is 2. The van der Waals surface area contributed by atoms with Crippen LogP contribution in [0.2, 0.25) is 0 Å². The van der Waals surface area contributed by atoms with Crippen molar-refractivity contribution in [2.75, 3.05) is 28.4 Å².